The van der Waals surface area contributed by atoms with Gasteiger partial charge in [-0.25, -0.2) is 0 Å². The molecule has 1 N–H and O–H groups in total. The minimum Gasteiger partial charge on any atom is -0.166 e. The highest BCUT2D eigenvalue weighted by molar-refractivity contribution is 9.10. The van der Waals surface area contributed by atoms with Gasteiger partial charge in [0.1, 0.15) is 0 Å². The maximum atomic E-state index is 13.2. The zero-order chi connectivity index (χ0) is 11.6. The molecule has 0 bridgehead atoms. The Bertz CT molecular complexity index is 402. The van der Waals surface area contributed by atoms with Crippen LogP contribution in [0.15, 0.2) is 22.7 Å². The van der Waals surface area contributed by atoms with E-state index in [0.717, 1.165) is 6.07 Å². The van der Waals surface area contributed by atoms with E-state index in [1.807, 2.05) is 0 Å². The summed E-state index contributed by atoms with van der Waals surface area (Å²) in [7, 11) is -3.39. The van der Waals surface area contributed by atoms with E-state index >= 15 is 0 Å². The van der Waals surface area contributed by atoms with Crippen LogP contribution in [0.2, 0.25) is 5.02 Å². The van der Waals surface area contributed by atoms with E-state index in [1.54, 1.807) is 0 Å². The van der Waals surface area contributed by atoms with Gasteiger partial charge < -0.3 is 0 Å². The van der Waals surface area contributed by atoms with Crippen LogP contribution in [0.4, 0.5) is 8.78 Å². The quantitative estimate of drug-likeness (QED) is 0.861. The molecule has 0 radical (unpaired) electrons. The molecule has 1 aromatic carbocycles. The standard InChI is InChI=1S/C7H3BrClF2O3P/c8-6-3-4(9)1-2-5(6)7(10,11)14-15(12)13/h1-3H/p+1. The van der Waals surface area contributed by atoms with Crippen molar-refractivity contribution < 1.29 is 22.8 Å². The van der Waals surface area contributed by atoms with Crippen molar-refractivity contribution in [1.29, 1.82) is 0 Å². The number of halogens is 4. The van der Waals surface area contributed by atoms with Crippen LogP contribution in [0.1, 0.15) is 5.56 Å². The largest absolute Gasteiger partial charge is 0.701 e. The monoisotopic (exact) mass is 319 g/mol. The molecule has 0 aliphatic heterocycles. The third-order valence-corrected chi connectivity index (χ3v) is 2.71. The topological polar surface area (TPSA) is 46.5 Å². The minimum absolute atomic E-state index is 0.00292. The van der Waals surface area contributed by atoms with Crippen molar-refractivity contribution in [3.8, 4) is 0 Å². The second-order valence-electron chi connectivity index (χ2n) is 2.47. The van der Waals surface area contributed by atoms with Crippen LogP contribution in [0.25, 0.3) is 0 Å². The molecule has 8 heteroatoms. The van der Waals surface area contributed by atoms with Crippen molar-refractivity contribution in [2.75, 3.05) is 0 Å². The lowest BCUT2D eigenvalue weighted by atomic mass is 10.2. The first-order valence-corrected chi connectivity index (χ1v) is 5.81. The van der Waals surface area contributed by atoms with Gasteiger partial charge in [-0.3, -0.25) is 0 Å². The second kappa shape index (κ2) is 4.80. The fourth-order valence-electron chi connectivity index (χ4n) is 0.873. The minimum atomic E-state index is -3.84. The van der Waals surface area contributed by atoms with Gasteiger partial charge in [-0.1, -0.05) is 27.5 Å². The SMILES string of the molecule is O=[P+](O)OC(F)(F)c1ccc(Cl)cc1Br. The number of rotatable bonds is 3. The summed E-state index contributed by atoms with van der Waals surface area (Å²) in [6.45, 7) is 0. The van der Waals surface area contributed by atoms with Crippen molar-refractivity contribution >= 4 is 35.8 Å². The highest BCUT2D eigenvalue weighted by atomic mass is 79.9. The van der Waals surface area contributed by atoms with Gasteiger partial charge in [-0.15, -0.1) is 4.89 Å². The van der Waals surface area contributed by atoms with E-state index in [9.17, 15) is 13.3 Å². The molecule has 1 aromatic rings. The second-order valence-corrected chi connectivity index (χ2v) is 4.42. The summed E-state index contributed by atoms with van der Waals surface area (Å²) in [5.41, 5.74) is -0.565. The average Bonchev–Trinajstić information content (AvgIpc) is 1.99. The fraction of sp³-hybridized carbons (Fsp3) is 0.143. The Morgan fingerprint density at radius 3 is 2.60 bits per heavy atom. The number of hydrogen-bond acceptors (Lipinski definition) is 2. The van der Waals surface area contributed by atoms with E-state index in [1.165, 1.54) is 12.1 Å². The Hall–Kier alpha value is -0.130. The maximum absolute atomic E-state index is 13.2. The molecule has 0 saturated carbocycles. The van der Waals surface area contributed by atoms with Gasteiger partial charge in [0, 0.05) is 14.1 Å². The van der Waals surface area contributed by atoms with Crippen LogP contribution < -0.4 is 0 Å². The summed E-state index contributed by atoms with van der Waals surface area (Å²) >= 11 is 8.40. The third kappa shape index (κ3) is 3.43. The number of alkyl halides is 2. The summed E-state index contributed by atoms with van der Waals surface area (Å²) in [6, 6.07) is 3.47. The number of benzene rings is 1. The van der Waals surface area contributed by atoms with Crippen molar-refractivity contribution in [3.05, 3.63) is 33.3 Å². The van der Waals surface area contributed by atoms with Gasteiger partial charge >= 0.3 is 14.4 Å². The van der Waals surface area contributed by atoms with Crippen LogP contribution in [-0.4, -0.2) is 4.89 Å². The molecule has 0 amide bonds. The highest BCUT2D eigenvalue weighted by Gasteiger charge is 2.44. The van der Waals surface area contributed by atoms with Crippen molar-refractivity contribution in [1.82, 2.24) is 0 Å². The summed E-state index contributed by atoms with van der Waals surface area (Å²) < 4.78 is 40.1. The zero-order valence-electron chi connectivity index (χ0n) is 6.95. The Balaban J connectivity index is 3.09. The molecule has 1 unspecified atom stereocenters. The fourth-order valence-corrected chi connectivity index (χ4v) is 2.08. The first-order valence-electron chi connectivity index (χ1n) is 3.51. The summed E-state index contributed by atoms with van der Waals surface area (Å²) in [4.78, 5) is 8.26. The molecule has 82 valence electrons. The molecule has 0 saturated heterocycles. The van der Waals surface area contributed by atoms with Crippen LogP contribution in [-0.2, 0) is 15.2 Å². The Morgan fingerprint density at radius 2 is 2.13 bits per heavy atom. The molecule has 0 heterocycles. The normalized spacial score (nSPS) is 12.7. The molecule has 3 nitrogen and oxygen atoms in total. The molecule has 15 heavy (non-hydrogen) atoms. The van der Waals surface area contributed by atoms with Crippen molar-refractivity contribution in [2.24, 2.45) is 0 Å². The van der Waals surface area contributed by atoms with Gasteiger partial charge in [-0.05, 0) is 22.7 Å². The van der Waals surface area contributed by atoms with Crippen molar-refractivity contribution in [3.63, 3.8) is 0 Å². The van der Waals surface area contributed by atoms with Crippen molar-refractivity contribution in [2.45, 2.75) is 6.11 Å². The Labute approximate surface area is 98.1 Å². The van der Waals surface area contributed by atoms with Crippen LogP contribution in [0, 0.1) is 0 Å². The smallest absolute Gasteiger partial charge is 0.166 e. The van der Waals surface area contributed by atoms with Gasteiger partial charge in [0.25, 0.3) is 0 Å². The zero-order valence-corrected chi connectivity index (χ0v) is 10.2. The molecule has 0 aliphatic rings. The lowest BCUT2D eigenvalue weighted by molar-refractivity contribution is -0.186. The predicted octanol–water partition coefficient (Wildman–Crippen LogP) is 3.82. The molecule has 0 aromatic heterocycles. The summed E-state index contributed by atoms with van der Waals surface area (Å²) in [6.07, 6.45) is -3.84. The van der Waals surface area contributed by atoms with Gasteiger partial charge in [0.05, 0.1) is 5.56 Å². The van der Waals surface area contributed by atoms with Gasteiger partial charge in [-0.2, -0.15) is 8.78 Å². The molecule has 1 atom stereocenters. The summed E-state index contributed by atoms with van der Waals surface area (Å²) in [5, 5.41) is 0.259. The van der Waals surface area contributed by atoms with Gasteiger partial charge in [0.2, 0.25) is 0 Å². The van der Waals surface area contributed by atoms with Gasteiger partial charge in [0.15, 0.2) is 0 Å². The molecule has 0 fully saturated rings. The van der Waals surface area contributed by atoms with E-state index in [-0.39, 0.29) is 9.50 Å². The molecular formula is C7H4BrClF2O3P+. The van der Waals surface area contributed by atoms with E-state index in [0.29, 0.717) is 0 Å². The first kappa shape index (κ1) is 12.9. The molecule has 0 spiro atoms. The molecule has 0 aliphatic carbocycles. The average molecular weight is 320 g/mol. The Morgan fingerprint density at radius 1 is 1.53 bits per heavy atom. The number of hydrogen-bond donors (Lipinski definition) is 1. The predicted molar refractivity (Wildman–Crippen MR) is 54.0 cm³/mol. The summed E-state index contributed by atoms with van der Waals surface area (Å²) in [5.74, 6) is 0. The van der Waals surface area contributed by atoms with Crippen LogP contribution in [0.5, 0.6) is 0 Å². The van der Waals surface area contributed by atoms with Crippen LogP contribution >= 0.6 is 35.8 Å². The first-order chi connectivity index (χ1) is 6.83. The lowest BCUT2D eigenvalue weighted by Gasteiger charge is -2.10. The van der Waals surface area contributed by atoms with E-state index in [4.69, 9.17) is 16.5 Å². The van der Waals surface area contributed by atoms with E-state index < -0.39 is 19.9 Å². The maximum Gasteiger partial charge on any atom is 0.701 e. The highest BCUT2D eigenvalue weighted by Crippen LogP contribution is 2.41. The molecular weight excluding hydrogens is 316 g/mol. The Kier molecular flexibility index (Phi) is 4.14. The van der Waals surface area contributed by atoms with E-state index in [2.05, 4.69) is 20.5 Å². The third-order valence-electron chi connectivity index (χ3n) is 1.44. The molecule has 1 rings (SSSR count). The lowest BCUT2D eigenvalue weighted by Crippen LogP contribution is -2.15. The van der Waals surface area contributed by atoms with Crippen LogP contribution in [0.3, 0.4) is 0 Å².